The van der Waals surface area contributed by atoms with Crippen molar-refractivity contribution in [2.75, 3.05) is 19.8 Å². The molecule has 0 spiro atoms. The molecule has 0 saturated carbocycles. The topological polar surface area (TPSA) is 92.7 Å². The van der Waals surface area contributed by atoms with Gasteiger partial charge in [-0.05, 0) is 24.5 Å². The minimum atomic E-state index is -3.63. The van der Waals surface area contributed by atoms with Gasteiger partial charge < -0.3 is 9.84 Å². The van der Waals surface area contributed by atoms with E-state index in [9.17, 15) is 13.2 Å². The van der Waals surface area contributed by atoms with Crippen LogP contribution in [0.2, 0.25) is 0 Å². The Morgan fingerprint density at radius 3 is 2.70 bits per heavy atom. The molecule has 20 heavy (non-hydrogen) atoms. The lowest BCUT2D eigenvalue weighted by Gasteiger charge is -2.07. The van der Waals surface area contributed by atoms with Crippen molar-refractivity contribution in [1.29, 1.82) is 0 Å². The Hall–Kier alpha value is -0.960. The summed E-state index contributed by atoms with van der Waals surface area (Å²) in [5, 5.41) is 8.76. The van der Waals surface area contributed by atoms with Gasteiger partial charge in [-0.3, -0.25) is 0 Å². The highest BCUT2D eigenvalue weighted by Crippen LogP contribution is 2.21. The number of carboxylic acids is 1. The lowest BCUT2D eigenvalue weighted by atomic mass is 10.2. The van der Waals surface area contributed by atoms with E-state index in [1.807, 2.05) is 13.8 Å². The Morgan fingerprint density at radius 2 is 2.15 bits per heavy atom. The fraction of sp³-hybridized carbons (Fsp3) is 0.583. The molecule has 0 amide bonds. The quantitative estimate of drug-likeness (QED) is 0.676. The normalized spacial score (nSPS) is 11.9. The third-order valence-electron chi connectivity index (χ3n) is 2.27. The predicted molar refractivity (Wildman–Crippen MR) is 76.7 cm³/mol. The van der Waals surface area contributed by atoms with Gasteiger partial charge in [-0.1, -0.05) is 13.8 Å². The van der Waals surface area contributed by atoms with Gasteiger partial charge in [0.1, 0.15) is 9.09 Å². The molecule has 6 nitrogen and oxygen atoms in total. The third-order valence-corrected chi connectivity index (χ3v) is 5.29. The molecule has 2 N–H and O–H groups in total. The summed E-state index contributed by atoms with van der Waals surface area (Å²) in [6, 6.07) is 2.58. The summed E-state index contributed by atoms with van der Waals surface area (Å²) in [7, 11) is -3.63. The van der Waals surface area contributed by atoms with Gasteiger partial charge in [0.25, 0.3) is 0 Å². The van der Waals surface area contributed by atoms with E-state index in [1.165, 1.54) is 12.1 Å². The highest BCUT2D eigenvalue weighted by molar-refractivity contribution is 7.91. The lowest BCUT2D eigenvalue weighted by Crippen LogP contribution is -2.25. The zero-order valence-electron chi connectivity index (χ0n) is 11.5. The second-order valence-electron chi connectivity index (χ2n) is 4.64. The number of carboxylic acid groups (broad SMARTS) is 1. The molecule has 1 heterocycles. The van der Waals surface area contributed by atoms with Crippen molar-refractivity contribution in [1.82, 2.24) is 4.72 Å². The van der Waals surface area contributed by atoms with Gasteiger partial charge in [0.15, 0.2) is 0 Å². The number of hydrogen-bond donors (Lipinski definition) is 2. The van der Waals surface area contributed by atoms with E-state index in [-0.39, 0.29) is 15.6 Å². The van der Waals surface area contributed by atoms with Gasteiger partial charge in [-0.15, -0.1) is 11.3 Å². The van der Waals surface area contributed by atoms with Crippen LogP contribution in [0, 0.1) is 5.92 Å². The van der Waals surface area contributed by atoms with Crippen LogP contribution in [0.4, 0.5) is 0 Å². The molecule has 1 aromatic heterocycles. The molecule has 0 atom stereocenters. The zero-order valence-corrected chi connectivity index (χ0v) is 13.1. The molecule has 0 saturated heterocycles. The number of ether oxygens (including phenoxy) is 1. The van der Waals surface area contributed by atoms with Crippen LogP contribution >= 0.6 is 11.3 Å². The summed E-state index contributed by atoms with van der Waals surface area (Å²) in [4.78, 5) is 10.7. The van der Waals surface area contributed by atoms with Crippen LogP contribution in [-0.4, -0.2) is 39.3 Å². The Balaban J connectivity index is 2.39. The van der Waals surface area contributed by atoms with Gasteiger partial charge in [0.2, 0.25) is 10.0 Å². The van der Waals surface area contributed by atoms with E-state index in [1.54, 1.807) is 0 Å². The van der Waals surface area contributed by atoms with Crippen LogP contribution in [0.1, 0.15) is 29.9 Å². The summed E-state index contributed by atoms with van der Waals surface area (Å²) >= 11 is 0.739. The molecule has 0 unspecified atom stereocenters. The number of sulfonamides is 1. The maximum Gasteiger partial charge on any atom is 0.345 e. The SMILES string of the molecule is CC(C)COCCCNS(=O)(=O)c1ccc(C(=O)O)s1. The van der Waals surface area contributed by atoms with Crippen molar-refractivity contribution >= 4 is 27.3 Å². The molecule has 0 aromatic carbocycles. The maximum atomic E-state index is 11.9. The van der Waals surface area contributed by atoms with Gasteiger partial charge in [-0.25, -0.2) is 17.9 Å². The van der Waals surface area contributed by atoms with E-state index in [0.29, 0.717) is 25.6 Å². The molecule has 8 heteroatoms. The number of carbonyl (C=O) groups is 1. The molecule has 114 valence electrons. The molecule has 0 aliphatic rings. The van der Waals surface area contributed by atoms with Gasteiger partial charge in [0.05, 0.1) is 0 Å². The number of thiophene rings is 1. The molecule has 1 aromatic rings. The number of aromatic carboxylic acids is 1. The van der Waals surface area contributed by atoms with Crippen LogP contribution in [0.25, 0.3) is 0 Å². The minimum absolute atomic E-state index is 0.00522. The van der Waals surface area contributed by atoms with E-state index >= 15 is 0 Å². The van der Waals surface area contributed by atoms with Crippen molar-refractivity contribution in [3.63, 3.8) is 0 Å². The second kappa shape index (κ2) is 7.72. The van der Waals surface area contributed by atoms with Crippen molar-refractivity contribution in [2.24, 2.45) is 5.92 Å². The lowest BCUT2D eigenvalue weighted by molar-refractivity contribution is 0.0702. The average Bonchev–Trinajstić information content (AvgIpc) is 2.83. The monoisotopic (exact) mass is 321 g/mol. The van der Waals surface area contributed by atoms with Crippen LogP contribution in [0.5, 0.6) is 0 Å². The molecule has 0 aliphatic heterocycles. The Labute approximate surface area is 122 Å². The first-order chi connectivity index (χ1) is 9.33. The van der Waals surface area contributed by atoms with Crippen LogP contribution in [-0.2, 0) is 14.8 Å². The molecular weight excluding hydrogens is 302 g/mol. The van der Waals surface area contributed by atoms with Crippen molar-refractivity contribution in [2.45, 2.75) is 24.5 Å². The summed E-state index contributed by atoms with van der Waals surface area (Å²) in [5.74, 6) is -0.675. The highest BCUT2D eigenvalue weighted by Gasteiger charge is 2.18. The first kappa shape index (κ1) is 17.1. The first-order valence-corrected chi connectivity index (χ1v) is 8.53. The van der Waals surface area contributed by atoms with Crippen LogP contribution in [0.15, 0.2) is 16.3 Å². The van der Waals surface area contributed by atoms with E-state index < -0.39 is 16.0 Å². The second-order valence-corrected chi connectivity index (χ2v) is 7.72. The molecule has 0 bridgehead atoms. The maximum absolute atomic E-state index is 11.9. The zero-order chi connectivity index (χ0) is 15.2. The van der Waals surface area contributed by atoms with Crippen molar-refractivity contribution < 1.29 is 23.1 Å². The first-order valence-electron chi connectivity index (χ1n) is 6.23. The van der Waals surface area contributed by atoms with Gasteiger partial charge >= 0.3 is 5.97 Å². The average molecular weight is 321 g/mol. The predicted octanol–water partition coefficient (Wildman–Crippen LogP) is 1.79. The summed E-state index contributed by atoms with van der Waals surface area (Å²) < 4.78 is 31.5. The number of rotatable bonds is 9. The van der Waals surface area contributed by atoms with E-state index in [4.69, 9.17) is 9.84 Å². The van der Waals surface area contributed by atoms with E-state index in [2.05, 4.69) is 4.72 Å². The fourth-order valence-electron chi connectivity index (χ4n) is 1.35. The molecule has 0 fully saturated rings. The highest BCUT2D eigenvalue weighted by atomic mass is 32.2. The van der Waals surface area contributed by atoms with Crippen molar-refractivity contribution in [3.8, 4) is 0 Å². The minimum Gasteiger partial charge on any atom is -0.477 e. The van der Waals surface area contributed by atoms with Crippen molar-refractivity contribution in [3.05, 3.63) is 17.0 Å². The fourth-order valence-corrected chi connectivity index (χ4v) is 3.61. The molecule has 1 rings (SSSR count). The molecule has 0 radical (unpaired) electrons. The third kappa shape index (κ3) is 5.58. The number of nitrogens with one attached hydrogen (secondary N) is 1. The summed E-state index contributed by atoms with van der Waals surface area (Å²) in [6.07, 6.45) is 0.573. The summed E-state index contributed by atoms with van der Waals surface area (Å²) in [5.41, 5.74) is 0. The largest absolute Gasteiger partial charge is 0.477 e. The standard InChI is InChI=1S/C12H19NO5S2/c1-9(2)8-18-7-3-6-13-20(16,17)11-5-4-10(19-11)12(14)15/h4-5,9,13H,3,6-8H2,1-2H3,(H,14,15). The van der Waals surface area contributed by atoms with Crippen LogP contribution < -0.4 is 4.72 Å². The van der Waals surface area contributed by atoms with Crippen LogP contribution in [0.3, 0.4) is 0 Å². The Morgan fingerprint density at radius 1 is 1.45 bits per heavy atom. The van der Waals surface area contributed by atoms with Gasteiger partial charge in [-0.2, -0.15) is 0 Å². The smallest absolute Gasteiger partial charge is 0.345 e. The van der Waals surface area contributed by atoms with Gasteiger partial charge in [0, 0.05) is 19.8 Å². The molecule has 0 aliphatic carbocycles. The Bertz CT molecular complexity index is 536. The summed E-state index contributed by atoms with van der Waals surface area (Å²) in [6.45, 7) is 5.49. The molecular formula is C12H19NO5S2. The van der Waals surface area contributed by atoms with E-state index in [0.717, 1.165) is 11.3 Å². The Kier molecular flexibility index (Phi) is 6.60. The number of hydrogen-bond acceptors (Lipinski definition) is 5.